The summed E-state index contributed by atoms with van der Waals surface area (Å²) in [6.07, 6.45) is 40.6. The summed E-state index contributed by atoms with van der Waals surface area (Å²) in [5, 5.41) is 8.61. The summed E-state index contributed by atoms with van der Waals surface area (Å²) in [6, 6.07) is 0. The third-order valence-electron chi connectivity index (χ3n) is 11.3. The maximum Gasteiger partial charge on any atom is 0 e. The van der Waals surface area contributed by atoms with Gasteiger partial charge in [-0.1, -0.05) is 168 Å². The van der Waals surface area contributed by atoms with Crippen LogP contribution in [0.5, 0.6) is 0 Å². The molecular weight excluding hydrogens is 982 g/mol. The van der Waals surface area contributed by atoms with Crippen LogP contribution in [0.15, 0.2) is 12.2 Å². The van der Waals surface area contributed by atoms with Gasteiger partial charge < -0.3 is 14.6 Å². The van der Waals surface area contributed by atoms with Gasteiger partial charge in [0.05, 0.1) is 13.2 Å². The van der Waals surface area contributed by atoms with Crippen molar-refractivity contribution in [3.8, 4) is 0 Å². The Kier molecular flexibility index (Phi) is 54.4. The van der Waals surface area contributed by atoms with E-state index in [0.29, 0.717) is 19.8 Å². The molecule has 1 saturated heterocycles. The minimum absolute atomic E-state index is 0. The molecule has 2 rings (SSSR count). The molecule has 0 aromatic heterocycles. The number of carbonyl (C=O) groups is 6. The first-order chi connectivity index (χ1) is 31.5. The molecule has 14 heteroatoms. The molecule has 0 aliphatic carbocycles. The molecule has 2 aliphatic rings. The predicted molar refractivity (Wildman–Crippen MR) is 264 cm³/mol. The summed E-state index contributed by atoms with van der Waals surface area (Å²) in [7, 11) is 0. The Morgan fingerprint density at radius 2 is 0.773 bits per heavy atom. The third kappa shape index (κ3) is 44.6. The predicted octanol–water partition coefficient (Wildman–Crippen LogP) is 12.3. The van der Waals surface area contributed by atoms with Gasteiger partial charge in [-0.3, -0.25) is 38.6 Å². The van der Waals surface area contributed by atoms with Crippen molar-refractivity contribution in [3.05, 3.63) is 12.2 Å². The molecule has 383 valence electrons. The Morgan fingerprint density at radius 1 is 0.470 bits per heavy atom. The second-order valence-corrected chi connectivity index (χ2v) is 23.4. The fourth-order valence-electron chi connectivity index (χ4n) is 7.02. The van der Waals surface area contributed by atoms with Crippen molar-refractivity contribution >= 4 is 55.3 Å². The van der Waals surface area contributed by atoms with Crippen LogP contribution in [0.2, 0.25) is 8.87 Å². The maximum atomic E-state index is 11.6. The maximum absolute atomic E-state index is 11.6. The zero-order valence-corrected chi connectivity index (χ0v) is 46.9. The number of carbonyl (C=O) groups excluding carboxylic acids is 6. The van der Waals surface area contributed by atoms with Crippen LogP contribution in [0.25, 0.3) is 0 Å². The summed E-state index contributed by atoms with van der Waals surface area (Å²) in [5.41, 5.74) is 0. The molecule has 0 spiro atoms. The standard InChI is InChI=1S/C20H33NO4.C14H30O.C10H15NO4.2C4H9.O.Sn.V/c1-2-3-4-5-6-7-8-9-10-11-12-13-16-25-20(24)17-21-18(22)14-15-19(21)23;1-2-3-4-5-6-7-8-9-10-11-12-13-14-15;1-2-3-6-15-10(14)7-11-8(12)4-5-9(11)13;2*1-3-4-2;;;/h14-15H,2-13,16-17H2,1H3;15H,2-14H2,1H3;2-7H2,1H3;2*1,3-4H2,2H3;;;. The molecule has 1 N–H and O–H groups in total. The Bertz CT molecular complexity index is 1210. The number of unbranched alkanes of at least 4 members (excludes halogenated alkanes) is 25. The molecule has 0 aromatic rings. The van der Waals surface area contributed by atoms with Crippen LogP contribution < -0.4 is 0 Å². The van der Waals surface area contributed by atoms with Gasteiger partial charge in [0, 0.05) is 50.2 Å². The first-order valence-corrected chi connectivity index (χ1v) is 31.5. The van der Waals surface area contributed by atoms with Gasteiger partial charge in [-0.25, -0.2) is 0 Å². The van der Waals surface area contributed by atoms with Crippen LogP contribution >= 0.6 is 0 Å². The van der Waals surface area contributed by atoms with E-state index in [1.54, 1.807) is 0 Å². The molecule has 0 unspecified atom stereocenters. The van der Waals surface area contributed by atoms with Gasteiger partial charge in [0.2, 0.25) is 11.8 Å². The number of nitrogens with zero attached hydrogens (tertiary/aromatic N) is 2. The topological polar surface area (TPSA) is 165 Å². The van der Waals surface area contributed by atoms with Crippen LogP contribution in [-0.4, -0.2) is 103 Å². The van der Waals surface area contributed by atoms with Gasteiger partial charge in [-0.05, 0) is 19.3 Å². The summed E-state index contributed by atoms with van der Waals surface area (Å²) >= 11 is -1.99. The number of aliphatic hydroxyl groups excluding tert-OH is 1. The molecule has 0 atom stereocenters. The molecular formula is C52H96N2O10SnV. The molecule has 1 fully saturated rings. The van der Waals surface area contributed by atoms with E-state index in [1.807, 2.05) is 6.92 Å². The molecule has 2 heterocycles. The number of hydrogen-bond donors (Lipinski definition) is 1. The van der Waals surface area contributed by atoms with Crippen LogP contribution in [0.3, 0.4) is 0 Å². The van der Waals surface area contributed by atoms with Crippen LogP contribution in [0, 0.1) is 0 Å². The summed E-state index contributed by atoms with van der Waals surface area (Å²) in [6.45, 7) is 11.4. The smallest absolute Gasteiger partial charge is 0 e. The van der Waals surface area contributed by atoms with Gasteiger partial charge in [-0.2, -0.15) is 0 Å². The molecule has 1 radical (unpaired) electrons. The zero-order chi connectivity index (χ0) is 48.6. The van der Waals surface area contributed by atoms with E-state index in [-0.39, 0.29) is 56.3 Å². The normalized spacial score (nSPS) is 12.8. The van der Waals surface area contributed by atoms with Gasteiger partial charge in [0.25, 0.3) is 11.8 Å². The number of imide groups is 2. The number of aliphatic hydroxyl groups is 1. The van der Waals surface area contributed by atoms with E-state index >= 15 is 0 Å². The van der Waals surface area contributed by atoms with Crippen LogP contribution in [0.1, 0.15) is 240 Å². The van der Waals surface area contributed by atoms with E-state index in [4.69, 9.17) is 14.6 Å². The van der Waals surface area contributed by atoms with Crippen molar-refractivity contribution in [2.45, 2.75) is 249 Å². The number of hydrogen-bond acceptors (Lipinski definition) is 10. The molecule has 0 aromatic carbocycles. The Morgan fingerprint density at radius 3 is 1.12 bits per heavy atom. The minimum atomic E-state index is -1.99. The van der Waals surface area contributed by atoms with Crippen molar-refractivity contribution in [1.82, 2.24) is 9.80 Å². The first-order valence-electron chi connectivity index (χ1n) is 26.3. The van der Waals surface area contributed by atoms with Crippen LogP contribution in [0.4, 0.5) is 0 Å². The SMILES string of the molecule is CCCCCCCCCCCCCCO.CCCCCCCCCCCCCCOC(=O)CN1C(=O)C=CC1=O.CCCCOC(=O)CN1C(=O)CCC1=O.CCC[CH2][Sn](=[O])[CH2]CCC.[V]. The van der Waals surface area contributed by atoms with E-state index in [1.165, 1.54) is 173 Å². The monoisotopic (exact) mass is 1080 g/mol. The molecule has 0 saturated carbocycles. The molecule has 12 nitrogen and oxygen atoms in total. The van der Waals surface area contributed by atoms with Crippen molar-refractivity contribution in [2.75, 3.05) is 32.9 Å². The van der Waals surface area contributed by atoms with E-state index in [9.17, 15) is 31.8 Å². The second-order valence-electron chi connectivity index (χ2n) is 17.5. The third-order valence-corrected chi connectivity index (χ3v) is 16.5. The Balaban J connectivity index is -0.000000844. The van der Waals surface area contributed by atoms with E-state index in [0.717, 1.165) is 50.8 Å². The largest absolute Gasteiger partial charge is 0 e. The molecule has 2 aliphatic heterocycles. The molecule has 66 heavy (non-hydrogen) atoms. The fraction of sp³-hybridized carbons (Fsp3) is 0.846. The number of amides is 4. The van der Waals surface area contributed by atoms with Crippen molar-refractivity contribution < 1.29 is 65.0 Å². The summed E-state index contributed by atoms with van der Waals surface area (Å²) in [5.74, 6) is -2.50. The van der Waals surface area contributed by atoms with Gasteiger partial charge >= 0.3 is 83.2 Å². The minimum Gasteiger partial charge on any atom is 0 e. The summed E-state index contributed by atoms with van der Waals surface area (Å²) < 4.78 is 23.3. The average Bonchev–Trinajstić information content (AvgIpc) is 3.79. The Labute approximate surface area is 421 Å². The molecule has 4 amide bonds. The Hall–Kier alpha value is -1.90. The van der Waals surface area contributed by atoms with E-state index in [2.05, 4.69) is 27.7 Å². The van der Waals surface area contributed by atoms with Crippen molar-refractivity contribution in [2.24, 2.45) is 0 Å². The number of esters is 2. The van der Waals surface area contributed by atoms with Crippen molar-refractivity contribution in [1.29, 1.82) is 0 Å². The van der Waals surface area contributed by atoms with Gasteiger partial charge in [0.1, 0.15) is 13.1 Å². The number of rotatable bonds is 38. The number of ether oxygens (including phenoxy) is 2. The average molecular weight is 1080 g/mol. The van der Waals surface area contributed by atoms with E-state index < -0.39 is 43.5 Å². The van der Waals surface area contributed by atoms with Crippen molar-refractivity contribution in [3.63, 3.8) is 0 Å². The van der Waals surface area contributed by atoms with Gasteiger partial charge in [-0.15, -0.1) is 0 Å². The quantitative estimate of drug-likeness (QED) is 0.0272. The molecule has 0 bridgehead atoms. The first kappa shape index (κ1) is 68.4. The van der Waals surface area contributed by atoms with Crippen LogP contribution in [-0.2, 0) is 59.9 Å². The fourth-order valence-corrected chi connectivity index (χ4v) is 12.0. The second kappa shape index (κ2) is 52.5. The number of likely N-dealkylation sites (tertiary alicyclic amines) is 1. The van der Waals surface area contributed by atoms with Gasteiger partial charge in [0.15, 0.2) is 0 Å². The zero-order valence-electron chi connectivity index (χ0n) is 42.7. The summed E-state index contributed by atoms with van der Waals surface area (Å²) in [4.78, 5) is 69.6.